The van der Waals surface area contributed by atoms with Crippen molar-refractivity contribution in [1.29, 1.82) is 0 Å². The van der Waals surface area contributed by atoms with Gasteiger partial charge in [0.2, 0.25) is 5.91 Å². The van der Waals surface area contributed by atoms with Crippen LogP contribution in [0.25, 0.3) is 0 Å². The highest BCUT2D eigenvalue weighted by atomic mass is 16.5. The van der Waals surface area contributed by atoms with E-state index in [1.807, 2.05) is 49.4 Å². The number of rotatable bonds is 5. The van der Waals surface area contributed by atoms with Crippen LogP contribution in [0.4, 0.5) is 0 Å². The summed E-state index contributed by atoms with van der Waals surface area (Å²) in [6.07, 6.45) is -0.125. The maximum atomic E-state index is 12.6. The smallest absolute Gasteiger partial charge is 0.251 e. The molecule has 1 fully saturated rings. The summed E-state index contributed by atoms with van der Waals surface area (Å²) in [5.41, 5.74) is 0.875. The van der Waals surface area contributed by atoms with E-state index in [2.05, 4.69) is 5.32 Å². The van der Waals surface area contributed by atoms with Gasteiger partial charge in [-0.25, -0.2) is 0 Å². The van der Waals surface area contributed by atoms with Crippen molar-refractivity contribution in [3.8, 4) is 0 Å². The lowest BCUT2D eigenvalue weighted by atomic mass is 9.97. The normalized spacial score (nSPS) is 20.6. The van der Waals surface area contributed by atoms with Gasteiger partial charge in [0.05, 0.1) is 6.04 Å². The number of likely N-dealkylation sites (N-methyl/N-ethyl adjacent to an activating group) is 1. The maximum absolute atomic E-state index is 12.6. The average molecular weight is 342 g/mol. The van der Waals surface area contributed by atoms with Gasteiger partial charge in [-0.15, -0.1) is 0 Å². The number of furan rings is 1. The zero-order valence-corrected chi connectivity index (χ0v) is 14.4. The topological polar surface area (TPSA) is 71.8 Å². The molecule has 2 unspecified atom stereocenters. The molecule has 2 amide bonds. The molecule has 1 aliphatic rings. The lowest BCUT2D eigenvalue weighted by molar-refractivity contribution is -0.162. The molecular weight excluding hydrogens is 320 g/mol. The average Bonchev–Trinajstić information content (AvgIpc) is 3.03. The molecule has 2 aromatic rings. The van der Waals surface area contributed by atoms with E-state index in [0.717, 1.165) is 17.1 Å². The second kappa shape index (κ2) is 7.53. The van der Waals surface area contributed by atoms with Gasteiger partial charge in [-0.2, -0.15) is 0 Å². The van der Waals surface area contributed by atoms with Crippen LogP contribution in [0, 0.1) is 6.92 Å². The molecule has 0 saturated carbocycles. The van der Waals surface area contributed by atoms with Gasteiger partial charge in [-0.3, -0.25) is 9.59 Å². The Balaban J connectivity index is 1.67. The molecule has 0 spiro atoms. The van der Waals surface area contributed by atoms with Gasteiger partial charge in [0.1, 0.15) is 18.1 Å². The molecule has 0 bridgehead atoms. The fourth-order valence-electron chi connectivity index (χ4n) is 3.01. The molecule has 1 saturated heterocycles. The van der Waals surface area contributed by atoms with Gasteiger partial charge in [-0.1, -0.05) is 30.3 Å². The summed E-state index contributed by atoms with van der Waals surface area (Å²) in [6, 6.07) is 12.8. The zero-order valence-electron chi connectivity index (χ0n) is 14.4. The van der Waals surface area contributed by atoms with Crippen molar-refractivity contribution in [3.63, 3.8) is 0 Å². The first-order chi connectivity index (χ1) is 12.1. The quantitative estimate of drug-likeness (QED) is 0.900. The van der Waals surface area contributed by atoms with Gasteiger partial charge in [0.25, 0.3) is 5.91 Å². The van der Waals surface area contributed by atoms with Crippen molar-refractivity contribution >= 4 is 11.8 Å². The standard InChI is InChI=1S/C19H22N2O4/c1-13-8-9-15(25-13)10-11-20-19(23)18-17(14-6-4-3-5-7-14)21(2)16(22)12-24-18/h3-9,17-18H,10-12H2,1-2H3,(H,20,23). The molecule has 0 radical (unpaired) electrons. The van der Waals surface area contributed by atoms with Gasteiger partial charge < -0.3 is 19.4 Å². The Hall–Kier alpha value is -2.60. The number of nitrogens with one attached hydrogen (secondary N) is 1. The highest BCUT2D eigenvalue weighted by Crippen LogP contribution is 2.29. The van der Waals surface area contributed by atoms with Crippen LogP contribution in [0.5, 0.6) is 0 Å². The van der Waals surface area contributed by atoms with E-state index >= 15 is 0 Å². The lowest BCUT2D eigenvalue weighted by Gasteiger charge is -2.38. The van der Waals surface area contributed by atoms with Gasteiger partial charge in [0.15, 0.2) is 6.10 Å². The molecule has 6 nitrogen and oxygen atoms in total. The van der Waals surface area contributed by atoms with Crippen LogP contribution < -0.4 is 5.32 Å². The second-order valence-electron chi connectivity index (χ2n) is 6.15. The summed E-state index contributed by atoms with van der Waals surface area (Å²) in [5.74, 6) is 1.32. The van der Waals surface area contributed by atoms with Crippen molar-refractivity contribution in [1.82, 2.24) is 10.2 Å². The number of aryl methyl sites for hydroxylation is 1. The van der Waals surface area contributed by atoms with Crippen LogP contribution in [0.2, 0.25) is 0 Å². The van der Waals surface area contributed by atoms with Crippen LogP contribution in [-0.4, -0.2) is 43.0 Å². The predicted octanol–water partition coefficient (Wildman–Crippen LogP) is 1.85. The number of hydrogen-bond donors (Lipinski definition) is 1. The number of morpholine rings is 1. The SMILES string of the molecule is Cc1ccc(CCNC(=O)C2OCC(=O)N(C)C2c2ccccc2)o1. The van der Waals surface area contributed by atoms with E-state index in [4.69, 9.17) is 9.15 Å². The fraction of sp³-hybridized carbons (Fsp3) is 0.368. The van der Waals surface area contributed by atoms with Crippen molar-refractivity contribution < 1.29 is 18.7 Å². The van der Waals surface area contributed by atoms with E-state index in [9.17, 15) is 9.59 Å². The summed E-state index contributed by atoms with van der Waals surface area (Å²) < 4.78 is 11.1. The molecule has 0 aliphatic carbocycles. The fourth-order valence-corrected chi connectivity index (χ4v) is 3.01. The Morgan fingerprint density at radius 3 is 2.68 bits per heavy atom. The Kier molecular flexibility index (Phi) is 5.19. The van der Waals surface area contributed by atoms with Gasteiger partial charge >= 0.3 is 0 Å². The van der Waals surface area contributed by atoms with Crippen LogP contribution in [0.1, 0.15) is 23.1 Å². The maximum Gasteiger partial charge on any atom is 0.251 e. The van der Waals surface area contributed by atoms with E-state index in [1.165, 1.54) is 0 Å². The monoisotopic (exact) mass is 342 g/mol. The molecule has 2 atom stereocenters. The number of amides is 2. The minimum absolute atomic E-state index is 0.0880. The van der Waals surface area contributed by atoms with Crippen LogP contribution in [0.15, 0.2) is 46.9 Å². The predicted molar refractivity (Wildman–Crippen MR) is 91.9 cm³/mol. The molecule has 1 N–H and O–H groups in total. The molecule has 132 valence electrons. The van der Waals surface area contributed by atoms with Crippen molar-refractivity contribution in [3.05, 3.63) is 59.5 Å². The first-order valence-electron chi connectivity index (χ1n) is 8.31. The third-order valence-electron chi connectivity index (χ3n) is 4.35. The lowest BCUT2D eigenvalue weighted by Crippen LogP contribution is -2.53. The van der Waals surface area contributed by atoms with Gasteiger partial charge in [0, 0.05) is 20.0 Å². The third kappa shape index (κ3) is 3.91. The highest BCUT2D eigenvalue weighted by molar-refractivity contribution is 5.86. The van der Waals surface area contributed by atoms with E-state index < -0.39 is 12.1 Å². The molecular formula is C19H22N2O4. The van der Waals surface area contributed by atoms with Crippen molar-refractivity contribution in [2.75, 3.05) is 20.2 Å². The molecule has 1 aliphatic heterocycles. The minimum Gasteiger partial charge on any atom is -0.466 e. The largest absolute Gasteiger partial charge is 0.466 e. The first kappa shape index (κ1) is 17.2. The number of hydrogen-bond acceptors (Lipinski definition) is 4. The second-order valence-corrected chi connectivity index (χ2v) is 6.15. The molecule has 6 heteroatoms. The number of benzene rings is 1. The number of carbonyl (C=O) groups is 2. The summed E-state index contributed by atoms with van der Waals surface area (Å²) >= 11 is 0. The number of carbonyl (C=O) groups excluding carboxylic acids is 2. The Morgan fingerprint density at radius 1 is 1.24 bits per heavy atom. The Bertz CT molecular complexity index is 741. The summed E-state index contributed by atoms with van der Waals surface area (Å²) in [4.78, 5) is 26.2. The molecule has 3 rings (SSSR count). The van der Waals surface area contributed by atoms with Crippen LogP contribution in [-0.2, 0) is 20.7 Å². The molecule has 2 heterocycles. The number of ether oxygens (including phenoxy) is 1. The Labute approximate surface area is 146 Å². The third-order valence-corrected chi connectivity index (χ3v) is 4.35. The molecule has 1 aromatic carbocycles. The van der Waals surface area contributed by atoms with E-state index in [1.54, 1.807) is 11.9 Å². The minimum atomic E-state index is -0.733. The number of nitrogens with zero attached hydrogens (tertiary/aromatic N) is 1. The highest BCUT2D eigenvalue weighted by Gasteiger charge is 2.39. The summed E-state index contributed by atoms with van der Waals surface area (Å²) in [5, 5.41) is 2.88. The van der Waals surface area contributed by atoms with E-state index in [-0.39, 0.29) is 18.4 Å². The van der Waals surface area contributed by atoms with Gasteiger partial charge in [-0.05, 0) is 24.6 Å². The summed E-state index contributed by atoms with van der Waals surface area (Å²) in [7, 11) is 1.70. The van der Waals surface area contributed by atoms with E-state index in [0.29, 0.717) is 13.0 Å². The first-order valence-corrected chi connectivity index (χ1v) is 8.31. The zero-order chi connectivity index (χ0) is 17.8. The van der Waals surface area contributed by atoms with Crippen LogP contribution >= 0.6 is 0 Å². The van der Waals surface area contributed by atoms with Crippen molar-refractivity contribution in [2.45, 2.75) is 25.5 Å². The molecule has 1 aromatic heterocycles. The van der Waals surface area contributed by atoms with Crippen molar-refractivity contribution in [2.24, 2.45) is 0 Å². The Morgan fingerprint density at radius 2 is 2.00 bits per heavy atom. The van der Waals surface area contributed by atoms with Crippen LogP contribution in [0.3, 0.4) is 0 Å². The molecule has 25 heavy (non-hydrogen) atoms. The summed E-state index contributed by atoms with van der Waals surface area (Å²) in [6.45, 7) is 2.25.